The zero-order valence-electron chi connectivity index (χ0n) is 23.0. The Bertz CT molecular complexity index is 1570. The van der Waals surface area contributed by atoms with Crippen LogP contribution in [0.5, 0.6) is 5.75 Å². The predicted molar refractivity (Wildman–Crippen MR) is 142 cm³/mol. The molecule has 43 heavy (non-hydrogen) atoms. The second kappa shape index (κ2) is 13.8. The molecule has 2 aromatic heterocycles. The van der Waals surface area contributed by atoms with Gasteiger partial charge in [0.15, 0.2) is 5.75 Å². The number of nitrogens with zero attached hydrogens (tertiary/aromatic N) is 3. The zero-order valence-corrected chi connectivity index (χ0v) is 23.0. The van der Waals surface area contributed by atoms with Crippen LogP contribution in [0.2, 0.25) is 0 Å². The smallest absolute Gasteiger partial charge is 0.453 e. The summed E-state index contributed by atoms with van der Waals surface area (Å²) in [6, 6.07) is 2.87. The van der Waals surface area contributed by atoms with Gasteiger partial charge in [0, 0.05) is 26.4 Å². The average molecular weight is 615 g/mol. The Balaban J connectivity index is 1.81. The number of hydrogen-bond acceptors (Lipinski definition) is 7. The summed E-state index contributed by atoms with van der Waals surface area (Å²) in [4.78, 5) is 57.5. The zero-order chi connectivity index (χ0) is 31.9. The number of H-pyrrole nitrogens is 1. The van der Waals surface area contributed by atoms with Crippen molar-refractivity contribution in [2.75, 3.05) is 26.5 Å². The summed E-state index contributed by atoms with van der Waals surface area (Å²) in [5.74, 6) is -3.12. The number of carbonyl (C=O) groups is 3. The van der Waals surface area contributed by atoms with Crippen LogP contribution in [0.3, 0.4) is 0 Å². The van der Waals surface area contributed by atoms with Gasteiger partial charge in [-0.3, -0.25) is 14.4 Å². The molecule has 0 aliphatic carbocycles. The number of benzene rings is 1. The highest BCUT2D eigenvalue weighted by Crippen LogP contribution is 2.32. The van der Waals surface area contributed by atoms with Crippen LogP contribution >= 0.6 is 0 Å². The number of allylic oxidation sites excluding steroid dienone is 1. The number of ether oxygens (including phenoxy) is 2. The third-order valence-corrected chi connectivity index (χ3v) is 5.78. The van der Waals surface area contributed by atoms with E-state index >= 15 is 0 Å². The van der Waals surface area contributed by atoms with E-state index in [9.17, 15) is 41.1 Å². The van der Waals surface area contributed by atoms with E-state index in [1.54, 1.807) is 14.1 Å². The number of imidazole rings is 1. The van der Waals surface area contributed by atoms with Crippen LogP contribution in [0, 0.1) is 5.82 Å². The van der Waals surface area contributed by atoms with Crippen LogP contribution in [0.1, 0.15) is 18.7 Å². The Morgan fingerprint density at radius 2 is 1.95 bits per heavy atom. The molecule has 2 heterocycles. The van der Waals surface area contributed by atoms with E-state index in [0.29, 0.717) is 6.07 Å². The first-order valence-corrected chi connectivity index (χ1v) is 12.5. The molecule has 232 valence electrons. The number of aromatic amines is 1. The van der Waals surface area contributed by atoms with E-state index < -0.39 is 47.7 Å². The number of methoxy groups -OCH3 is 1. The monoisotopic (exact) mass is 614 g/mol. The summed E-state index contributed by atoms with van der Waals surface area (Å²) in [7, 11) is 4.22. The van der Waals surface area contributed by atoms with Crippen LogP contribution in [-0.4, -0.2) is 77.1 Å². The van der Waals surface area contributed by atoms with Crippen molar-refractivity contribution >= 4 is 34.6 Å². The van der Waals surface area contributed by atoms with E-state index in [-0.39, 0.29) is 47.8 Å². The number of alkyl carbamates (subject to hydrolysis) is 1. The molecule has 0 aliphatic heterocycles. The minimum atomic E-state index is -4.91. The molecular formula is C26H27F5N6O6. The molecule has 0 bridgehead atoms. The summed E-state index contributed by atoms with van der Waals surface area (Å²) >= 11 is 0. The van der Waals surface area contributed by atoms with Crippen LogP contribution in [0.15, 0.2) is 47.4 Å². The quantitative estimate of drug-likeness (QED) is 0.210. The van der Waals surface area contributed by atoms with Crippen LogP contribution < -0.4 is 20.9 Å². The highest BCUT2D eigenvalue weighted by Gasteiger charge is 2.44. The van der Waals surface area contributed by atoms with Gasteiger partial charge >= 0.3 is 18.6 Å². The van der Waals surface area contributed by atoms with E-state index in [4.69, 9.17) is 0 Å². The molecule has 3 rings (SSSR count). The summed E-state index contributed by atoms with van der Waals surface area (Å²) in [6.45, 7) is -0.335. The van der Waals surface area contributed by atoms with Gasteiger partial charge in [0.1, 0.15) is 28.9 Å². The fourth-order valence-corrected chi connectivity index (χ4v) is 3.65. The van der Waals surface area contributed by atoms with Crippen molar-refractivity contribution in [3.8, 4) is 5.75 Å². The number of amides is 3. The van der Waals surface area contributed by atoms with Crippen molar-refractivity contribution in [2.24, 2.45) is 0 Å². The fraction of sp³-hybridized carbons (Fsp3) is 0.346. The number of pyridine rings is 1. The molecular weight excluding hydrogens is 587 g/mol. The number of anilines is 1. The van der Waals surface area contributed by atoms with Crippen LogP contribution in [-0.2, 0) is 20.9 Å². The van der Waals surface area contributed by atoms with Crippen molar-refractivity contribution in [2.45, 2.75) is 38.0 Å². The number of carbonyl (C=O) groups excluding carboxylic acids is 3. The van der Waals surface area contributed by atoms with Gasteiger partial charge < -0.3 is 34.6 Å². The Kier molecular flexibility index (Phi) is 10.4. The lowest BCUT2D eigenvalue weighted by molar-refractivity contribution is -0.252. The normalized spacial score (nSPS) is 12.4. The lowest BCUT2D eigenvalue weighted by atomic mass is 10.1. The van der Waals surface area contributed by atoms with Crippen molar-refractivity contribution in [1.29, 1.82) is 0 Å². The topological polar surface area (TPSA) is 148 Å². The van der Waals surface area contributed by atoms with Gasteiger partial charge in [0.05, 0.1) is 19.2 Å². The van der Waals surface area contributed by atoms with Crippen molar-refractivity contribution in [3.63, 3.8) is 0 Å². The number of rotatable bonds is 12. The van der Waals surface area contributed by atoms with E-state index in [2.05, 4.69) is 30.1 Å². The fourth-order valence-electron chi connectivity index (χ4n) is 3.65. The molecule has 12 nitrogen and oxygen atoms in total. The molecule has 17 heteroatoms. The van der Waals surface area contributed by atoms with E-state index in [0.717, 1.165) is 17.7 Å². The van der Waals surface area contributed by atoms with Crippen LogP contribution in [0.4, 0.5) is 32.4 Å². The maximum atomic E-state index is 14.0. The number of nitrogens with one attached hydrogen (secondary N) is 3. The Labute approximate surface area is 240 Å². The second-order valence-corrected chi connectivity index (χ2v) is 9.19. The molecule has 0 saturated carbocycles. The van der Waals surface area contributed by atoms with Gasteiger partial charge in [-0.25, -0.2) is 14.2 Å². The molecule has 0 unspecified atom stereocenters. The number of halogens is 5. The highest BCUT2D eigenvalue weighted by atomic mass is 19.3. The predicted octanol–water partition coefficient (Wildman–Crippen LogP) is 3.24. The highest BCUT2D eigenvalue weighted by molar-refractivity contribution is 5.96. The van der Waals surface area contributed by atoms with Gasteiger partial charge in [0.25, 0.3) is 5.56 Å². The summed E-state index contributed by atoms with van der Waals surface area (Å²) < 4.78 is 75.8. The van der Waals surface area contributed by atoms with E-state index in [1.807, 2.05) is 0 Å². The molecule has 3 amide bonds. The van der Waals surface area contributed by atoms with Gasteiger partial charge in [0.2, 0.25) is 11.8 Å². The van der Waals surface area contributed by atoms with Crippen LogP contribution in [0.25, 0.3) is 11.0 Å². The Hall–Kier alpha value is -4.96. The minimum Gasteiger partial charge on any atom is -0.453 e. The SMILES string of the molecule is COC(=O)N[C@@H](CC/C=C/C(=O)N(C)C)C(=O)Nc1cccn(Cc2nc3c(OC(F)(F)C(F)F)cc(F)cc3[nH]2)c1=O. The standard InChI is InChI=1S/C26H27F5N6O6/c1-36(2)20(38)9-5-4-7-15(34-25(41)42-3)22(39)33-16-8-6-10-37(23(16)40)13-19-32-17-11-14(27)12-18(21(17)35-19)43-26(30,31)24(28)29/h5-6,8-12,15,24H,4,7,13H2,1-3H3,(H,32,35)(H,33,39)(H,34,41)/b9-5+/t15-/m0/s1. The van der Waals surface area contributed by atoms with Gasteiger partial charge in [-0.15, -0.1) is 0 Å². The van der Waals surface area contributed by atoms with Crippen molar-refractivity contribution in [3.05, 3.63) is 64.6 Å². The Morgan fingerprint density at radius 3 is 2.60 bits per heavy atom. The summed E-state index contributed by atoms with van der Waals surface area (Å²) in [6.07, 6.45) is -5.63. The molecule has 1 atom stereocenters. The first-order chi connectivity index (χ1) is 20.2. The third-order valence-electron chi connectivity index (χ3n) is 5.78. The molecule has 0 spiro atoms. The first-order valence-electron chi connectivity index (χ1n) is 12.5. The lowest BCUT2D eigenvalue weighted by Gasteiger charge is -2.17. The van der Waals surface area contributed by atoms with Crippen molar-refractivity contribution in [1.82, 2.24) is 24.8 Å². The first kappa shape index (κ1) is 32.6. The molecule has 1 aromatic carbocycles. The molecule has 0 saturated heterocycles. The van der Waals surface area contributed by atoms with E-state index in [1.165, 1.54) is 35.4 Å². The summed E-state index contributed by atoms with van der Waals surface area (Å²) in [5, 5.41) is 4.77. The molecule has 0 radical (unpaired) electrons. The maximum Gasteiger partial charge on any atom is 0.461 e. The molecule has 0 aliphatic rings. The van der Waals surface area contributed by atoms with Gasteiger partial charge in [-0.05, 0) is 37.1 Å². The maximum absolute atomic E-state index is 14.0. The Morgan fingerprint density at radius 1 is 1.23 bits per heavy atom. The number of likely N-dealkylation sites (N-methyl/N-ethyl adjacent to an activating group) is 1. The van der Waals surface area contributed by atoms with Crippen molar-refractivity contribution < 1.29 is 45.8 Å². The second-order valence-electron chi connectivity index (χ2n) is 9.19. The number of alkyl halides is 4. The number of aromatic nitrogens is 3. The number of fused-ring (bicyclic) bond motifs is 1. The molecule has 0 fully saturated rings. The van der Waals surface area contributed by atoms with Gasteiger partial charge in [-0.1, -0.05) is 6.08 Å². The molecule has 3 aromatic rings. The average Bonchev–Trinajstić information content (AvgIpc) is 3.34. The van der Waals surface area contributed by atoms with Gasteiger partial charge in [-0.2, -0.15) is 17.6 Å². The number of hydrogen-bond donors (Lipinski definition) is 3. The largest absolute Gasteiger partial charge is 0.461 e. The third kappa shape index (κ3) is 8.52. The summed E-state index contributed by atoms with van der Waals surface area (Å²) in [5.41, 5.74) is -1.49. The minimum absolute atomic E-state index is 0.0454. The molecule has 3 N–H and O–H groups in total. The lowest BCUT2D eigenvalue weighted by Crippen LogP contribution is -2.44.